The van der Waals surface area contributed by atoms with E-state index in [0.717, 1.165) is 0 Å². The van der Waals surface area contributed by atoms with Crippen LogP contribution in [0.25, 0.3) is 11.5 Å². The van der Waals surface area contributed by atoms with Gasteiger partial charge in [-0.3, -0.25) is 0 Å². The molecule has 0 atom stereocenters. The fourth-order valence-electron chi connectivity index (χ4n) is 1.08. The van der Waals surface area contributed by atoms with Crippen LogP contribution in [0, 0.1) is 0 Å². The smallest absolute Gasteiger partial charge is 0.216 e. The van der Waals surface area contributed by atoms with E-state index in [0.29, 0.717) is 27.7 Å². The van der Waals surface area contributed by atoms with Crippen LogP contribution in [0.4, 0.5) is 5.82 Å². The zero-order valence-electron chi connectivity index (χ0n) is 8.38. The number of anilines is 1. The van der Waals surface area contributed by atoms with Crippen molar-refractivity contribution in [1.82, 2.24) is 19.9 Å². The van der Waals surface area contributed by atoms with Gasteiger partial charge in [0.1, 0.15) is 17.8 Å². The number of nitrogen functional groups attached to an aromatic ring is 1. The molecule has 6 nitrogen and oxygen atoms in total. The minimum Gasteiger partial charge on any atom is -0.481 e. The summed E-state index contributed by atoms with van der Waals surface area (Å²) in [4.78, 5) is 16.1. The van der Waals surface area contributed by atoms with Crippen LogP contribution in [0.3, 0.4) is 0 Å². The first kappa shape index (κ1) is 10.7. The molecule has 2 rings (SSSR count). The van der Waals surface area contributed by atoms with E-state index in [1.807, 2.05) is 0 Å². The Bertz CT molecular complexity index is 519. The van der Waals surface area contributed by atoms with Gasteiger partial charge in [-0.1, -0.05) is 0 Å². The van der Waals surface area contributed by atoms with Crippen molar-refractivity contribution >= 4 is 21.7 Å². The third-order valence-corrected chi connectivity index (χ3v) is 2.46. The third-order valence-electron chi connectivity index (χ3n) is 1.85. The number of hydrogen-bond donors (Lipinski definition) is 1. The SMILES string of the molecule is COc1cc(-c2ncc(Br)c(N)n2)ncn1. The first-order valence-electron chi connectivity index (χ1n) is 4.35. The summed E-state index contributed by atoms with van der Waals surface area (Å²) >= 11 is 3.22. The summed E-state index contributed by atoms with van der Waals surface area (Å²) < 4.78 is 5.63. The molecule has 2 aromatic heterocycles. The topological polar surface area (TPSA) is 86.8 Å². The number of ether oxygens (including phenoxy) is 1. The second-order valence-electron chi connectivity index (χ2n) is 2.87. The van der Waals surface area contributed by atoms with Gasteiger partial charge in [0.05, 0.1) is 11.6 Å². The molecule has 2 aromatic rings. The van der Waals surface area contributed by atoms with Crippen molar-refractivity contribution in [1.29, 1.82) is 0 Å². The van der Waals surface area contributed by atoms with Crippen LogP contribution in [0.1, 0.15) is 0 Å². The largest absolute Gasteiger partial charge is 0.481 e. The summed E-state index contributed by atoms with van der Waals surface area (Å²) in [6.45, 7) is 0. The van der Waals surface area contributed by atoms with Gasteiger partial charge in [-0.15, -0.1) is 0 Å². The Labute approximate surface area is 100 Å². The summed E-state index contributed by atoms with van der Waals surface area (Å²) in [5.41, 5.74) is 6.22. The minimum absolute atomic E-state index is 0.363. The lowest BCUT2D eigenvalue weighted by Crippen LogP contribution is -1.98. The molecule has 0 aliphatic rings. The molecule has 0 fully saturated rings. The number of aromatic nitrogens is 4. The van der Waals surface area contributed by atoms with Crippen molar-refractivity contribution < 1.29 is 4.74 Å². The summed E-state index contributed by atoms with van der Waals surface area (Å²) in [5, 5.41) is 0. The van der Waals surface area contributed by atoms with E-state index >= 15 is 0 Å². The van der Waals surface area contributed by atoms with Gasteiger partial charge in [-0.2, -0.15) is 0 Å². The van der Waals surface area contributed by atoms with E-state index in [1.54, 1.807) is 12.3 Å². The van der Waals surface area contributed by atoms with Gasteiger partial charge in [-0.25, -0.2) is 19.9 Å². The van der Waals surface area contributed by atoms with Crippen LogP contribution in [0.5, 0.6) is 5.88 Å². The van der Waals surface area contributed by atoms with Gasteiger partial charge in [0.15, 0.2) is 5.82 Å². The molecule has 0 saturated carbocycles. The summed E-state index contributed by atoms with van der Waals surface area (Å²) in [6.07, 6.45) is 2.96. The second kappa shape index (κ2) is 4.40. The van der Waals surface area contributed by atoms with Gasteiger partial charge < -0.3 is 10.5 Å². The molecule has 2 N–H and O–H groups in total. The molecule has 7 heteroatoms. The molecule has 0 aromatic carbocycles. The highest BCUT2D eigenvalue weighted by Crippen LogP contribution is 2.20. The molecule has 82 valence electrons. The highest BCUT2D eigenvalue weighted by Gasteiger charge is 2.07. The maximum atomic E-state index is 5.66. The van der Waals surface area contributed by atoms with Gasteiger partial charge in [0.25, 0.3) is 0 Å². The molecular weight excluding hydrogens is 274 g/mol. The third kappa shape index (κ3) is 2.08. The van der Waals surface area contributed by atoms with E-state index in [4.69, 9.17) is 10.5 Å². The van der Waals surface area contributed by atoms with Crippen LogP contribution in [0.2, 0.25) is 0 Å². The maximum absolute atomic E-state index is 5.66. The summed E-state index contributed by atoms with van der Waals surface area (Å²) in [5.74, 6) is 1.25. The van der Waals surface area contributed by atoms with Crippen molar-refractivity contribution in [3.8, 4) is 17.4 Å². The van der Waals surface area contributed by atoms with E-state index in [-0.39, 0.29) is 0 Å². The lowest BCUT2D eigenvalue weighted by molar-refractivity contribution is 0.397. The number of methoxy groups -OCH3 is 1. The molecule has 0 aliphatic heterocycles. The van der Waals surface area contributed by atoms with Crippen molar-refractivity contribution in [2.45, 2.75) is 0 Å². The molecule has 0 radical (unpaired) electrons. The average molecular weight is 282 g/mol. The standard InChI is InChI=1S/C9H8BrN5O/c1-16-7-2-6(13-4-14-7)9-12-3-5(10)8(11)15-9/h2-4H,1H3,(H2,11,12,15). The van der Waals surface area contributed by atoms with E-state index in [2.05, 4.69) is 35.9 Å². The van der Waals surface area contributed by atoms with E-state index in [9.17, 15) is 0 Å². The molecule has 2 heterocycles. The van der Waals surface area contributed by atoms with Crippen LogP contribution in [-0.2, 0) is 0 Å². The lowest BCUT2D eigenvalue weighted by Gasteiger charge is -2.03. The first-order valence-corrected chi connectivity index (χ1v) is 5.14. The molecule has 0 unspecified atom stereocenters. The zero-order chi connectivity index (χ0) is 11.5. The predicted octanol–water partition coefficient (Wildman–Crippen LogP) is 1.29. The zero-order valence-corrected chi connectivity index (χ0v) is 9.97. The Hall–Kier alpha value is -1.76. The Morgan fingerprint density at radius 2 is 2.12 bits per heavy atom. The molecule has 0 spiro atoms. The van der Waals surface area contributed by atoms with Gasteiger partial charge in [0.2, 0.25) is 5.88 Å². The van der Waals surface area contributed by atoms with Crippen LogP contribution in [-0.4, -0.2) is 27.0 Å². The average Bonchev–Trinajstić information content (AvgIpc) is 2.33. The Balaban J connectivity index is 2.46. The van der Waals surface area contributed by atoms with E-state index in [1.165, 1.54) is 13.4 Å². The minimum atomic E-state index is 0.363. The monoisotopic (exact) mass is 281 g/mol. The van der Waals surface area contributed by atoms with E-state index < -0.39 is 0 Å². The number of nitrogens with zero attached hydrogens (tertiary/aromatic N) is 4. The number of hydrogen-bond acceptors (Lipinski definition) is 6. The quantitative estimate of drug-likeness (QED) is 0.893. The van der Waals surface area contributed by atoms with Crippen molar-refractivity contribution in [2.75, 3.05) is 12.8 Å². The highest BCUT2D eigenvalue weighted by molar-refractivity contribution is 9.10. The Kier molecular flexibility index (Phi) is 2.95. The van der Waals surface area contributed by atoms with Crippen molar-refractivity contribution in [2.24, 2.45) is 0 Å². The van der Waals surface area contributed by atoms with Crippen LogP contribution in [0.15, 0.2) is 23.1 Å². The summed E-state index contributed by atoms with van der Waals surface area (Å²) in [6, 6.07) is 1.64. The molecular formula is C9H8BrN5O. The van der Waals surface area contributed by atoms with Crippen LogP contribution < -0.4 is 10.5 Å². The number of nitrogens with two attached hydrogens (primary N) is 1. The second-order valence-corrected chi connectivity index (χ2v) is 3.73. The summed E-state index contributed by atoms with van der Waals surface area (Å²) in [7, 11) is 1.53. The normalized spacial score (nSPS) is 10.1. The first-order chi connectivity index (χ1) is 7.70. The fourth-order valence-corrected chi connectivity index (χ4v) is 1.27. The van der Waals surface area contributed by atoms with Crippen LogP contribution >= 0.6 is 15.9 Å². The highest BCUT2D eigenvalue weighted by atomic mass is 79.9. The predicted molar refractivity (Wildman–Crippen MR) is 61.7 cm³/mol. The molecule has 0 saturated heterocycles. The van der Waals surface area contributed by atoms with Gasteiger partial charge in [-0.05, 0) is 15.9 Å². The van der Waals surface area contributed by atoms with Crippen molar-refractivity contribution in [3.63, 3.8) is 0 Å². The molecule has 16 heavy (non-hydrogen) atoms. The fraction of sp³-hybridized carbons (Fsp3) is 0.111. The Morgan fingerprint density at radius 3 is 2.81 bits per heavy atom. The molecule has 0 aliphatic carbocycles. The van der Waals surface area contributed by atoms with Gasteiger partial charge >= 0.3 is 0 Å². The Morgan fingerprint density at radius 1 is 1.31 bits per heavy atom. The number of halogens is 1. The van der Waals surface area contributed by atoms with Gasteiger partial charge in [0, 0.05) is 12.3 Å². The molecule has 0 amide bonds. The molecule has 0 bridgehead atoms. The van der Waals surface area contributed by atoms with Crippen molar-refractivity contribution in [3.05, 3.63) is 23.1 Å². The maximum Gasteiger partial charge on any atom is 0.216 e. The lowest BCUT2D eigenvalue weighted by atomic mass is 10.3. The number of rotatable bonds is 2.